The SMILES string of the molecule is CC(C[N+](C)(C)C)N1c2ccccc2Sc2ccccc21.COS(=O)(=O)[O-]. The molecule has 1 heterocycles. The third kappa shape index (κ3) is 6.22. The Bertz CT molecular complexity index is 834. The minimum atomic E-state index is -4.41. The smallest absolute Gasteiger partial charge is 0.217 e. The topological polar surface area (TPSA) is 69.7 Å². The molecule has 27 heavy (non-hydrogen) atoms. The summed E-state index contributed by atoms with van der Waals surface area (Å²) in [5.74, 6) is 0. The van der Waals surface area contributed by atoms with Gasteiger partial charge in [-0.1, -0.05) is 36.0 Å². The van der Waals surface area contributed by atoms with Crippen molar-refractivity contribution in [3.8, 4) is 0 Å². The molecule has 2 aromatic carbocycles. The first kappa shape index (κ1) is 21.7. The van der Waals surface area contributed by atoms with Gasteiger partial charge < -0.3 is 13.9 Å². The first-order valence-electron chi connectivity index (χ1n) is 8.49. The van der Waals surface area contributed by atoms with E-state index in [0.29, 0.717) is 6.04 Å². The van der Waals surface area contributed by atoms with Crippen molar-refractivity contribution in [2.45, 2.75) is 22.8 Å². The molecule has 3 rings (SSSR count). The summed E-state index contributed by atoms with van der Waals surface area (Å²) in [6, 6.07) is 17.9. The van der Waals surface area contributed by atoms with Crippen LogP contribution in [0.2, 0.25) is 0 Å². The molecule has 0 N–H and O–H groups in total. The second kappa shape index (κ2) is 8.62. The largest absolute Gasteiger partial charge is 0.726 e. The number of hydrogen-bond acceptors (Lipinski definition) is 6. The lowest BCUT2D eigenvalue weighted by atomic mass is 10.1. The van der Waals surface area contributed by atoms with E-state index in [4.69, 9.17) is 0 Å². The minimum Gasteiger partial charge on any atom is -0.726 e. The van der Waals surface area contributed by atoms with Gasteiger partial charge in [-0.05, 0) is 31.2 Å². The Morgan fingerprint density at radius 1 is 1.04 bits per heavy atom. The van der Waals surface area contributed by atoms with Gasteiger partial charge in [-0.2, -0.15) is 0 Å². The van der Waals surface area contributed by atoms with Crippen LogP contribution in [0.4, 0.5) is 11.4 Å². The van der Waals surface area contributed by atoms with Gasteiger partial charge in [0, 0.05) is 9.79 Å². The summed E-state index contributed by atoms with van der Waals surface area (Å²) in [6.45, 7) is 3.43. The number of para-hydroxylation sites is 2. The van der Waals surface area contributed by atoms with Crippen molar-refractivity contribution in [1.82, 2.24) is 0 Å². The molecule has 0 aliphatic carbocycles. The molecule has 0 saturated carbocycles. The highest BCUT2D eigenvalue weighted by molar-refractivity contribution is 7.99. The van der Waals surface area contributed by atoms with E-state index in [1.807, 2.05) is 11.8 Å². The summed E-state index contributed by atoms with van der Waals surface area (Å²) in [6.07, 6.45) is 0. The normalized spacial score (nSPS) is 14.5. The Labute approximate surface area is 166 Å². The molecule has 0 saturated heterocycles. The van der Waals surface area contributed by atoms with E-state index < -0.39 is 10.4 Å². The van der Waals surface area contributed by atoms with Gasteiger partial charge in [-0.25, -0.2) is 8.42 Å². The van der Waals surface area contributed by atoms with Gasteiger partial charge >= 0.3 is 0 Å². The van der Waals surface area contributed by atoms with E-state index in [0.717, 1.165) is 18.1 Å². The van der Waals surface area contributed by atoms with Crippen LogP contribution in [0.15, 0.2) is 58.3 Å². The fourth-order valence-electron chi connectivity index (χ4n) is 3.08. The summed E-state index contributed by atoms with van der Waals surface area (Å²) in [7, 11) is 3.17. The molecular weight excluding hydrogens is 384 g/mol. The van der Waals surface area contributed by atoms with Crippen LogP contribution in [-0.2, 0) is 14.6 Å². The second-order valence-electron chi connectivity index (χ2n) is 7.30. The van der Waals surface area contributed by atoms with Gasteiger partial charge in [-0.3, -0.25) is 4.18 Å². The maximum atomic E-state index is 9.22. The third-order valence-corrected chi connectivity index (χ3v) is 5.46. The van der Waals surface area contributed by atoms with Crippen LogP contribution in [0.3, 0.4) is 0 Å². The van der Waals surface area contributed by atoms with Crippen molar-refractivity contribution in [1.29, 1.82) is 0 Å². The maximum Gasteiger partial charge on any atom is 0.217 e. The quantitative estimate of drug-likeness (QED) is 0.437. The van der Waals surface area contributed by atoms with Crippen LogP contribution in [0, 0.1) is 0 Å². The summed E-state index contributed by atoms with van der Waals surface area (Å²) < 4.78 is 32.0. The van der Waals surface area contributed by atoms with E-state index >= 15 is 0 Å². The number of nitrogens with zero attached hydrogens (tertiary/aromatic N) is 2. The fraction of sp³-hybridized carbons (Fsp3) is 0.368. The average Bonchev–Trinajstić information content (AvgIpc) is 2.58. The van der Waals surface area contributed by atoms with Crippen LogP contribution >= 0.6 is 11.8 Å². The summed E-state index contributed by atoms with van der Waals surface area (Å²) in [5.41, 5.74) is 2.67. The lowest BCUT2D eigenvalue weighted by Gasteiger charge is -2.39. The van der Waals surface area contributed by atoms with Crippen LogP contribution in [0.25, 0.3) is 0 Å². The lowest BCUT2D eigenvalue weighted by molar-refractivity contribution is -0.870. The van der Waals surface area contributed by atoms with Crippen LogP contribution in [-0.4, -0.2) is 58.3 Å². The van der Waals surface area contributed by atoms with Gasteiger partial charge in [0.1, 0.15) is 0 Å². The number of quaternary nitrogens is 1. The minimum absolute atomic E-state index is 0.452. The van der Waals surface area contributed by atoms with Gasteiger partial charge in [0.25, 0.3) is 0 Å². The number of hydrogen-bond donors (Lipinski definition) is 0. The summed E-state index contributed by atoms with van der Waals surface area (Å²) in [5, 5.41) is 0. The van der Waals surface area contributed by atoms with Gasteiger partial charge in [-0.15, -0.1) is 0 Å². The summed E-state index contributed by atoms with van der Waals surface area (Å²) >= 11 is 1.87. The zero-order valence-corrected chi connectivity index (χ0v) is 17.9. The molecule has 0 aromatic heterocycles. The molecule has 0 radical (unpaired) electrons. The molecule has 1 aliphatic heterocycles. The number of rotatable bonds is 4. The number of benzene rings is 2. The Morgan fingerprint density at radius 2 is 1.44 bits per heavy atom. The Kier molecular flexibility index (Phi) is 6.93. The fourth-order valence-corrected chi connectivity index (χ4v) is 4.15. The molecule has 0 bridgehead atoms. The predicted octanol–water partition coefficient (Wildman–Crippen LogP) is 3.48. The first-order chi connectivity index (χ1) is 12.5. The van der Waals surface area contributed by atoms with Crippen molar-refractivity contribution < 1.29 is 21.6 Å². The molecular formula is C19H26N2O4S2. The third-order valence-electron chi connectivity index (χ3n) is 3.93. The highest BCUT2D eigenvalue weighted by Gasteiger charge is 2.29. The highest BCUT2D eigenvalue weighted by atomic mass is 32.3. The summed E-state index contributed by atoms with van der Waals surface area (Å²) in [4.78, 5) is 5.21. The van der Waals surface area contributed by atoms with Gasteiger partial charge in [0.15, 0.2) is 0 Å². The second-order valence-corrected chi connectivity index (χ2v) is 9.54. The van der Waals surface area contributed by atoms with Crippen molar-refractivity contribution in [2.24, 2.45) is 0 Å². The van der Waals surface area contributed by atoms with E-state index in [1.165, 1.54) is 21.2 Å². The number of fused-ring (bicyclic) bond motifs is 2. The van der Waals surface area contributed by atoms with Crippen molar-refractivity contribution in [3.63, 3.8) is 0 Å². The molecule has 6 nitrogen and oxygen atoms in total. The van der Waals surface area contributed by atoms with Crippen LogP contribution < -0.4 is 4.90 Å². The number of likely N-dealkylation sites (N-methyl/N-ethyl adjacent to an activating group) is 1. The van der Waals surface area contributed by atoms with Gasteiger partial charge in [0.2, 0.25) is 10.4 Å². The van der Waals surface area contributed by atoms with Crippen LogP contribution in [0.5, 0.6) is 0 Å². The Hall–Kier alpha value is -1.58. The molecule has 2 aromatic rings. The van der Waals surface area contributed by atoms with E-state index in [1.54, 1.807) is 0 Å². The van der Waals surface area contributed by atoms with E-state index in [2.05, 4.69) is 85.7 Å². The van der Waals surface area contributed by atoms with E-state index in [9.17, 15) is 13.0 Å². The average molecular weight is 411 g/mol. The molecule has 1 aliphatic rings. The molecule has 1 atom stereocenters. The molecule has 148 valence electrons. The highest BCUT2D eigenvalue weighted by Crippen LogP contribution is 2.48. The number of anilines is 2. The Morgan fingerprint density at radius 3 is 1.81 bits per heavy atom. The zero-order chi connectivity index (χ0) is 20.2. The molecule has 1 unspecified atom stereocenters. The zero-order valence-electron chi connectivity index (χ0n) is 16.2. The van der Waals surface area contributed by atoms with Gasteiger partial charge in [0.05, 0.1) is 52.2 Å². The predicted molar refractivity (Wildman–Crippen MR) is 108 cm³/mol. The van der Waals surface area contributed by atoms with E-state index in [-0.39, 0.29) is 0 Å². The lowest BCUT2D eigenvalue weighted by Crippen LogP contribution is -2.46. The maximum absolute atomic E-state index is 9.22. The standard InChI is InChI=1S/C18H23N2S.CH4O4S/c1-14(13-20(2,3)4)19-15-9-5-7-11-17(15)21-18-12-8-6-10-16(18)19;1-5-6(2,3)4/h5-12,14H,13H2,1-4H3;1H3,(H,2,3,4)/q+1;/p-1. The molecule has 0 spiro atoms. The van der Waals surface area contributed by atoms with Crippen molar-refractivity contribution >= 4 is 33.5 Å². The molecule has 0 fully saturated rings. The Balaban J connectivity index is 0.000000380. The monoisotopic (exact) mass is 410 g/mol. The van der Waals surface area contributed by atoms with Crippen molar-refractivity contribution in [2.75, 3.05) is 39.7 Å². The first-order valence-corrected chi connectivity index (χ1v) is 10.6. The van der Waals surface area contributed by atoms with Crippen molar-refractivity contribution in [3.05, 3.63) is 48.5 Å². The molecule has 0 amide bonds. The van der Waals surface area contributed by atoms with Crippen LogP contribution in [0.1, 0.15) is 6.92 Å². The molecule has 8 heteroatoms.